The molecule has 0 aromatic rings. The Balaban J connectivity index is 0.00000225. The van der Waals surface area contributed by atoms with E-state index in [0.717, 1.165) is 26.1 Å². The molecule has 1 aliphatic carbocycles. The maximum Gasteiger partial charge on any atom is 0.226 e. The topological polar surface area (TPSA) is 40.6 Å². The Hall–Kier alpha value is -0.316. The molecule has 0 N–H and O–H groups in total. The van der Waals surface area contributed by atoms with Crippen molar-refractivity contribution in [3.05, 3.63) is 31.2 Å². The fourth-order valence-corrected chi connectivity index (χ4v) is 4.55. The largest absolute Gasteiger partial charge is 0.332 e. The molecule has 5 unspecified atom stereocenters. The third kappa shape index (κ3) is 4.33. The van der Waals surface area contributed by atoms with Gasteiger partial charge >= 0.3 is 0 Å². The smallest absolute Gasteiger partial charge is 0.226 e. The number of nitrogens with zero attached hydrogens (tertiary/aromatic N) is 2. The van der Waals surface area contributed by atoms with E-state index in [0.29, 0.717) is 30.6 Å². The first-order valence-electron chi connectivity index (χ1n) is 9.06. The van der Waals surface area contributed by atoms with E-state index in [1.54, 1.807) is 6.08 Å². The number of carbonyl (C=O) groups is 2. The van der Waals surface area contributed by atoms with E-state index in [1.807, 2.05) is 17.9 Å². The van der Waals surface area contributed by atoms with Gasteiger partial charge in [0.2, 0.25) is 5.91 Å². The summed E-state index contributed by atoms with van der Waals surface area (Å²) in [5.74, 6) is 2.69. The number of allylic oxidation sites excluding steroid dienone is 2. The van der Waals surface area contributed by atoms with Gasteiger partial charge in [-0.1, -0.05) is 13.0 Å². The van der Waals surface area contributed by atoms with Gasteiger partial charge in [-0.05, 0) is 19.4 Å². The summed E-state index contributed by atoms with van der Waals surface area (Å²) in [5, 5.41) is 0. The van der Waals surface area contributed by atoms with Crippen molar-refractivity contribution in [3.8, 4) is 0 Å². The second-order valence-electron chi connectivity index (χ2n) is 7.85. The second-order valence-corrected chi connectivity index (χ2v) is 7.85. The normalized spacial score (nSPS) is 32.6. The zero-order valence-corrected chi connectivity index (χ0v) is 18.3. The van der Waals surface area contributed by atoms with Crippen LogP contribution in [0.15, 0.2) is 25.3 Å². The van der Waals surface area contributed by atoms with Crippen LogP contribution in [0.3, 0.4) is 0 Å². The maximum absolute atomic E-state index is 13.0. The molecule has 0 bridgehead atoms. The van der Waals surface area contributed by atoms with Gasteiger partial charge in [-0.25, -0.2) is 0 Å². The van der Waals surface area contributed by atoms with E-state index >= 15 is 0 Å². The summed E-state index contributed by atoms with van der Waals surface area (Å²) in [6.07, 6.45) is 5.91. The van der Waals surface area contributed by atoms with Gasteiger partial charge in [0.1, 0.15) is 5.78 Å². The Morgan fingerprint density at radius 2 is 2.00 bits per heavy atom. The predicted molar refractivity (Wildman–Crippen MR) is 95.1 cm³/mol. The molecule has 2 aliphatic heterocycles. The van der Waals surface area contributed by atoms with Crippen molar-refractivity contribution in [2.45, 2.75) is 32.2 Å². The zero-order chi connectivity index (χ0) is 17.4. The van der Waals surface area contributed by atoms with Crippen molar-refractivity contribution in [2.75, 3.05) is 26.7 Å². The third-order valence-electron chi connectivity index (χ3n) is 5.93. The maximum atomic E-state index is 13.0. The molecular weight excluding hydrogens is 389 g/mol. The Morgan fingerprint density at radius 1 is 1.28 bits per heavy atom. The van der Waals surface area contributed by atoms with Crippen LogP contribution in [0.4, 0.5) is 0 Å². The number of hydrogen-bond donors (Lipinski definition) is 0. The van der Waals surface area contributed by atoms with E-state index in [4.69, 9.17) is 0 Å². The molecule has 3 rings (SSSR count). The van der Waals surface area contributed by atoms with Crippen LogP contribution in [0, 0.1) is 29.6 Å². The van der Waals surface area contributed by atoms with Crippen LogP contribution >= 0.6 is 0 Å². The van der Waals surface area contributed by atoms with E-state index in [2.05, 4.69) is 25.1 Å². The Bertz CT molecular complexity index is 550. The Kier molecular flexibility index (Phi) is 7.21. The average Bonchev–Trinajstić information content (AvgIpc) is 3.05. The molecule has 5 atom stereocenters. The molecule has 2 saturated heterocycles. The summed E-state index contributed by atoms with van der Waals surface area (Å²) in [7, 11) is 2.11. The van der Waals surface area contributed by atoms with E-state index in [-0.39, 0.29) is 56.4 Å². The summed E-state index contributed by atoms with van der Waals surface area (Å²) >= 11 is 0. The first kappa shape index (κ1) is 21.0. The molecule has 5 heteroatoms. The Morgan fingerprint density at radius 3 is 2.60 bits per heavy atom. The Labute approximate surface area is 177 Å². The fraction of sp³-hybridized carbons (Fsp3) is 0.650. The number of carbonyl (C=O) groups excluding carboxylic acids is 2. The van der Waals surface area contributed by atoms with Crippen molar-refractivity contribution in [3.63, 3.8) is 0 Å². The van der Waals surface area contributed by atoms with E-state index < -0.39 is 0 Å². The first-order valence-corrected chi connectivity index (χ1v) is 9.06. The predicted octanol–water partition coefficient (Wildman–Crippen LogP) is 2.32. The molecule has 1 radical (unpaired) electrons. The van der Waals surface area contributed by atoms with Gasteiger partial charge < -0.3 is 20.5 Å². The number of likely N-dealkylation sites (tertiary alicyclic amines) is 2. The SMILES string of the molecule is C=CCC(C)C(=O)N1CC2CN(C)CC2C1C(=O)C[C-]1CC1C=C.[Y]. The van der Waals surface area contributed by atoms with Crippen LogP contribution in [-0.2, 0) is 42.3 Å². The van der Waals surface area contributed by atoms with Crippen LogP contribution in [0.2, 0.25) is 0 Å². The molecule has 0 aromatic heterocycles. The number of fused-ring (bicyclic) bond motifs is 1. The molecule has 3 aliphatic rings. The minimum atomic E-state index is -0.238. The summed E-state index contributed by atoms with van der Waals surface area (Å²) in [4.78, 5) is 30.1. The monoisotopic (exact) mass is 418 g/mol. The first-order chi connectivity index (χ1) is 11.5. The van der Waals surface area contributed by atoms with Gasteiger partial charge in [0.05, 0.1) is 6.04 Å². The van der Waals surface area contributed by atoms with Gasteiger partial charge in [0.15, 0.2) is 0 Å². The van der Waals surface area contributed by atoms with Crippen molar-refractivity contribution >= 4 is 11.7 Å². The standard InChI is InChI=1S/C20H29N2O2.Y/c1-5-7-13(3)20(24)22-11-16-10-21(4)12-17(16)19(22)18(23)9-15-8-14(15)6-2;/h5-6,13-14,16-17,19H,1-2,7-12H2,3-4H3;/q-1;. The van der Waals surface area contributed by atoms with Gasteiger partial charge in [0.25, 0.3) is 0 Å². The molecule has 1 amide bonds. The molecule has 0 spiro atoms. The molecule has 0 aromatic carbocycles. The third-order valence-corrected chi connectivity index (χ3v) is 5.93. The van der Waals surface area contributed by atoms with Crippen LogP contribution < -0.4 is 0 Å². The van der Waals surface area contributed by atoms with Crippen LogP contribution in [0.5, 0.6) is 0 Å². The minimum Gasteiger partial charge on any atom is -0.332 e. The van der Waals surface area contributed by atoms with Crippen LogP contribution in [-0.4, -0.2) is 54.2 Å². The van der Waals surface area contributed by atoms with Crippen molar-refractivity contribution in [1.29, 1.82) is 0 Å². The van der Waals surface area contributed by atoms with E-state index in [1.165, 1.54) is 5.92 Å². The molecule has 135 valence electrons. The second kappa shape index (κ2) is 8.58. The summed E-state index contributed by atoms with van der Waals surface area (Å²) in [6, 6.07) is -0.238. The fourth-order valence-electron chi connectivity index (χ4n) is 4.55. The average molecular weight is 418 g/mol. The number of ketones is 1. The van der Waals surface area contributed by atoms with Gasteiger partial charge in [0, 0.05) is 64.2 Å². The number of Topliss-reactive ketones (excluding diaryl/α,β-unsaturated/α-hetero) is 1. The quantitative estimate of drug-likeness (QED) is 0.471. The van der Waals surface area contributed by atoms with Gasteiger partial charge in [-0.2, -0.15) is 12.3 Å². The van der Waals surface area contributed by atoms with Gasteiger partial charge in [-0.15, -0.1) is 25.7 Å². The molecule has 1 saturated carbocycles. The van der Waals surface area contributed by atoms with E-state index in [9.17, 15) is 9.59 Å². The van der Waals surface area contributed by atoms with Crippen LogP contribution in [0.25, 0.3) is 0 Å². The molecule has 4 nitrogen and oxygen atoms in total. The number of hydrogen-bond acceptors (Lipinski definition) is 3. The van der Waals surface area contributed by atoms with Crippen molar-refractivity contribution in [2.24, 2.45) is 23.7 Å². The van der Waals surface area contributed by atoms with Crippen LogP contribution in [0.1, 0.15) is 26.2 Å². The summed E-state index contributed by atoms with van der Waals surface area (Å²) < 4.78 is 0. The molecule has 3 fully saturated rings. The number of amides is 1. The zero-order valence-electron chi connectivity index (χ0n) is 15.5. The van der Waals surface area contributed by atoms with Crippen molar-refractivity contribution < 1.29 is 42.3 Å². The summed E-state index contributed by atoms with van der Waals surface area (Å²) in [6.45, 7) is 12.1. The molecule has 25 heavy (non-hydrogen) atoms. The minimum absolute atomic E-state index is 0. The van der Waals surface area contributed by atoms with Crippen molar-refractivity contribution in [1.82, 2.24) is 9.80 Å². The molecular formula is C20H29N2O2Y-. The summed E-state index contributed by atoms with van der Waals surface area (Å²) in [5.41, 5.74) is 0. The molecule has 2 heterocycles. The van der Waals surface area contributed by atoms with Gasteiger partial charge in [-0.3, -0.25) is 4.79 Å². The number of rotatable bonds is 7.